The zero-order valence-corrected chi connectivity index (χ0v) is 12.1. The second-order valence-corrected chi connectivity index (χ2v) is 6.01. The number of nitrogens with one attached hydrogen (secondary N) is 2. The molecule has 5 heteroatoms. The topological polar surface area (TPSA) is 50.4 Å². The smallest absolute Gasteiger partial charge is 0.412 e. The monoisotopic (exact) mass is 280 g/mol. The summed E-state index contributed by atoms with van der Waals surface area (Å²) in [5.41, 5.74) is 0.809. The van der Waals surface area contributed by atoms with Crippen LogP contribution in [-0.4, -0.2) is 18.2 Å². The summed E-state index contributed by atoms with van der Waals surface area (Å²) in [4.78, 5) is 11.8. The highest BCUT2D eigenvalue weighted by Crippen LogP contribution is 2.30. The van der Waals surface area contributed by atoms with Crippen LogP contribution < -0.4 is 10.6 Å². The van der Waals surface area contributed by atoms with Gasteiger partial charge in [-0.1, -0.05) is 0 Å². The number of ether oxygens (including phenoxy) is 1. The maximum absolute atomic E-state index is 13.4. The quantitative estimate of drug-likeness (QED) is 0.870. The number of benzene rings is 1. The molecule has 1 aromatic rings. The molecule has 1 unspecified atom stereocenters. The maximum atomic E-state index is 13.4. The first kappa shape index (κ1) is 14.8. The third-order valence-corrected chi connectivity index (χ3v) is 3.08. The van der Waals surface area contributed by atoms with E-state index in [0.717, 1.165) is 24.9 Å². The summed E-state index contributed by atoms with van der Waals surface area (Å²) in [5, 5.41) is 6.01. The van der Waals surface area contributed by atoms with Gasteiger partial charge in [-0.25, -0.2) is 9.18 Å². The number of halogens is 1. The van der Waals surface area contributed by atoms with Crippen molar-refractivity contribution < 1.29 is 13.9 Å². The second-order valence-electron chi connectivity index (χ2n) is 6.01. The van der Waals surface area contributed by atoms with E-state index in [9.17, 15) is 9.18 Å². The minimum atomic E-state index is -0.560. The largest absolute Gasteiger partial charge is 0.444 e. The van der Waals surface area contributed by atoms with Gasteiger partial charge in [-0.3, -0.25) is 5.32 Å². The van der Waals surface area contributed by atoms with E-state index in [2.05, 4.69) is 10.6 Å². The molecule has 1 aromatic carbocycles. The van der Waals surface area contributed by atoms with Crippen LogP contribution in [0.4, 0.5) is 14.9 Å². The van der Waals surface area contributed by atoms with Crippen molar-refractivity contribution in [2.24, 2.45) is 0 Å². The van der Waals surface area contributed by atoms with Crippen molar-refractivity contribution in [3.63, 3.8) is 0 Å². The molecular formula is C15H21FN2O2. The molecule has 1 fully saturated rings. The summed E-state index contributed by atoms with van der Waals surface area (Å²) in [5.74, 6) is -0.302. The molecule has 0 radical (unpaired) electrons. The fraction of sp³-hybridized carbons (Fsp3) is 0.533. The number of hydrogen-bond donors (Lipinski definition) is 2. The molecule has 0 bridgehead atoms. The lowest BCUT2D eigenvalue weighted by molar-refractivity contribution is 0.0635. The van der Waals surface area contributed by atoms with Gasteiger partial charge in [-0.2, -0.15) is 0 Å². The van der Waals surface area contributed by atoms with Gasteiger partial charge in [-0.05, 0) is 63.9 Å². The normalized spacial score (nSPS) is 18.9. The van der Waals surface area contributed by atoms with Gasteiger partial charge in [0.05, 0.1) is 0 Å². The Bertz CT molecular complexity index is 491. The van der Waals surface area contributed by atoms with Crippen LogP contribution in [0, 0.1) is 5.82 Å². The first-order chi connectivity index (χ1) is 9.35. The minimum absolute atomic E-state index is 0.0793. The van der Waals surface area contributed by atoms with E-state index >= 15 is 0 Å². The second kappa shape index (κ2) is 5.79. The van der Waals surface area contributed by atoms with Gasteiger partial charge in [0.15, 0.2) is 0 Å². The number of amides is 1. The summed E-state index contributed by atoms with van der Waals surface area (Å²) in [6.07, 6.45) is 1.46. The zero-order chi connectivity index (χ0) is 14.8. The molecule has 1 aliphatic heterocycles. The number of carbonyl (C=O) groups excluding carboxylic acids is 1. The lowest BCUT2D eigenvalue weighted by Crippen LogP contribution is -2.28. The van der Waals surface area contributed by atoms with E-state index in [-0.39, 0.29) is 11.9 Å². The average molecular weight is 280 g/mol. The minimum Gasteiger partial charge on any atom is -0.444 e. The van der Waals surface area contributed by atoms with Crippen molar-refractivity contribution in [1.82, 2.24) is 5.32 Å². The Balaban J connectivity index is 2.16. The first-order valence-corrected chi connectivity index (χ1v) is 6.88. The number of hydrogen-bond acceptors (Lipinski definition) is 3. The molecule has 110 valence electrons. The van der Waals surface area contributed by atoms with Crippen molar-refractivity contribution >= 4 is 11.8 Å². The summed E-state index contributed by atoms with van der Waals surface area (Å²) in [6.45, 7) is 6.32. The lowest BCUT2D eigenvalue weighted by Gasteiger charge is -2.21. The van der Waals surface area contributed by atoms with Gasteiger partial charge in [-0.15, -0.1) is 0 Å². The van der Waals surface area contributed by atoms with E-state index in [0.29, 0.717) is 5.69 Å². The Hall–Kier alpha value is -1.62. The highest BCUT2D eigenvalue weighted by molar-refractivity contribution is 5.86. The Labute approximate surface area is 118 Å². The van der Waals surface area contributed by atoms with E-state index in [1.807, 2.05) is 0 Å². The van der Waals surface area contributed by atoms with E-state index in [1.54, 1.807) is 26.8 Å². The Morgan fingerprint density at radius 1 is 1.45 bits per heavy atom. The van der Waals surface area contributed by atoms with Gasteiger partial charge in [0, 0.05) is 11.7 Å². The van der Waals surface area contributed by atoms with Crippen LogP contribution in [0.2, 0.25) is 0 Å². The zero-order valence-electron chi connectivity index (χ0n) is 12.1. The first-order valence-electron chi connectivity index (χ1n) is 6.88. The van der Waals surface area contributed by atoms with Crippen molar-refractivity contribution in [3.05, 3.63) is 29.6 Å². The van der Waals surface area contributed by atoms with Crippen LogP contribution >= 0.6 is 0 Å². The predicted molar refractivity (Wildman–Crippen MR) is 76.2 cm³/mol. The SMILES string of the molecule is CC(C)(C)OC(=O)Nc1ccc(F)cc1C1CCCN1. The van der Waals surface area contributed by atoms with Crippen molar-refractivity contribution in [2.75, 3.05) is 11.9 Å². The van der Waals surface area contributed by atoms with Crippen LogP contribution in [-0.2, 0) is 4.74 Å². The highest BCUT2D eigenvalue weighted by atomic mass is 19.1. The fourth-order valence-corrected chi connectivity index (χ4v) is 2.30. The Morgan fingerprint density at radius 3 is 2.80 bits per heavy atom. The molecule has 0 aromatic heterocycles. The van der Waals surface area contributed by atoms with E-state index in [1.165, 1.54) is 12.1 Å². The Kier molecular flexibility index (Phi) is 4.28. The standard InChI is InChI=1S/C15H21FN2O2/c1-15(2,3)20-14(19)18-13-7-6-10(16)9-11(13)12-5-4-8-17-12/h6-7,9,12,17H,4-5,8H2,1-3H3,(H,18,19). The van der Waals surface area contributed by atoms with Crippen LogP contribution in [0.5, 0.6) is 0 Å². The molecule has 1 heterocycles. The van der Waals surface area contributed by atoms with Crippen LogP contribution in [0.25, 0.3) is 0 Å². The molecule has 20 heavy (non-hydrogen) atoms. The molecular weight excluding hydrogens is 259 g/mol. The Morgan fingerprint density at radius 2 is 2.20 bits per heavy atom. The molecule has 1 atom stereocenters. The molecule has 1 saturated heterocycles. The fourth-order valence-electron chi connectivity index (χ4n) is 2.30. The number of carbonyl (C=O) groups is 1. The van der Waals surface area contributed by atoms with Gasteiger partial charge in [0.2, 0.25) is 0 Å². The van der Waals surface area contributed by atoms with E-state index in [4.69, 9.17) is 4.74 Å². The molecule has 1 aliphatic rings. The predicted octanol–water partition coefficient (Wildman–Crippen LogP) is 3.60. The number of anilines is 1. The molecule has 2 N–H and O–H groups in total. The van der Waals surface area contributed by atoms with Gasteiger partial charge in [0.25, 0.3) is 0 Å². The highest BCUT2D eigenvalue weighted by Gasteiger charge is 2.22. The van der Waals surface area contributed by atoms with Crippen LogP contribution in [0.15, 0.2) is 18.2 Å². The molecule has 1 amide bonds. The lowest BCUT2D eigenvalue weighted by atomic mass is 10.0. The summed E-state index contributed by atoms with van der Waals surface area (Å²) in [7, 11) is 0. The molecule has 2 rings (SSSR count). The van der Waals surface area contributed by atoms with Crippen molar-refractivity contribution in [2.45, 2.75) is 45.3 Å². The molecule has 4 nitrogen and oxygen atoms in total. The summed E-state index contributed by atoms with van der Waals surface area (Å²) in [6, 6.07) is 4.46. The van der Waals surface area contributed by atoms with Gasteiger partial charge in [0.1, 0.15) is 11.4 Å². The molecule has 0 saturated carbocycles. The van der Waals surface area contributed by atoms with Gasteiger partial charge >= 0.3 is 6.09 Å². The maximum Gasteiger partial charge on any atom is 0.412 e. The van der Waals surface area contributed by atoms with Crippen LogP contribution in [0.1, 0.15) is 45.2 Å². The summed E-state index contributed by atoms with van der Waals surface area (Å²) >= 11 is 0. The molecule has 0 aliphatic carbocycles. The number of rotatable bonds is 2. The van der Waals surface area contributed by atoms with Crippen LogP contribution in [0.3, 0.4) is 0 Å². The summed E-state index contributed by atoms with van der Waals surface area (Å²) < 4.78 is 18.7. The van der Waals surface area contributed by atoms with E-state index < -0.39 is 11.7 Å². The average Bonchev–Trinajstić information content (AvgIpc) is 2.82. The van der Waals surface area contributed by atoms with Gasteiger partial charge < -0.3 is 10.1 Å². The third-order valence-electron chi connectivity index (χ3n) is 3.08. The molecule has 0 spiro atoms. The third kappa shape index (κ3) is 3.93. The van der Waals surface area contributed by atoms with Crippen molar-refractivity contribution in [1.29, 1.82) is 0 Å². The van der Waals surface area contributed by atoms with Crippen molar-refractivity contribution in [3.8, 4) is 0 Å².